The highest BCUT2D eigenvalue weighted by Crippen LogP contribution is 2.55. The predicted molar refractivity (Wildman–Crippen MR) is 125 cm³/mol. The van der Waals surface area contributed by atoms with Crippen LogP contribution in [0.2, 0.25) is 0 Å². The van der Waals surface area contributed by atoms with Crippen LogP contribution in [0.4, 0.5) is 0 Å². The molecule has 0 spiro atoms. The molecular weight excluding hydrogens is 388 g/mol. The molecule has 0 radical (unpaired) electrons. The van der Waals surface area contributed by atoms with Gasteiger partial charge < -0.3 is 20.3 Å². The molecule has 3 aliphatic rings. The van der Waals surface area contributed by atoms with Gasteiger partial charge in [0.15, 0.2) is 0 Å². The maximum Gasteiger partial charge on any atom is 0.306 e. The number of piperazine rings is 1. The van der Waals surface area contributed by atoms with Crippen molar-refractivity contribution in [3.63, 3.8) is 0 Å². The van der Waals surface area contributed by atoms with Gasteiger partial charge in [-0.1, -0.05) is 32.0 Å². The van der Waals surface area contributed by atoms with Crippen molar-refractivity contribution in [3.8, 4) is 0 Å². The summed E-state index contributed by atoms with van der Waals surface area (Å²) < 4.78 is 0. The van der Waals surface area contributed by atoms with Crippen LogP contribution in [0.25, 0.3) is 10.9 Å². The van der Waals surface area contributed by atoms with Crippen molar-refractivity contribution in [2.45, 2.75) is 45.6 Å². The molecule has 1 aromatic carbocycles. The number of rotatable bonds is 3. The van der Waals surface area contributed by atoms with Gasteiger partial charge in [0.25, 0.3) is 0 Å². The lowest BCUT2D eigenvalue weighted by molar-refractivity contribution is -0.151. The first kappa shape index (κ1) is 22.3. The van der Waals surface area contributed by atoms with E-state index in [0.29, 0.717) is 0 Å². The quantitative estimate of drug-likeness (QED) is 0.701. The number of aromatic nitrogens is 1. The zero-order chi connectivity index (χ0) is 22.0. The van der Waals surface area contributed by atoms with Crippen LogP contribution < -0.4 is 5.32 Å². The molecule has 0 bridgehead atoms. The summed E-state index contributed by atoms with van der Waals surface area (Å²) in [4.78, 5) is 20.4. The van der Waals surface area contributed by atoms with Crippen LogP contribution in [-0.2, 0) is 11.2 Å². The number of hydrogen-bond donors (Lipinski definition) is 3. The van der Waals surface area contributed by atoms with E-state index in [0.717, 1.165) is 51.9 Å². The summed E-state index contributed by atoms with van der Waals surface area (Å²) in [5, 5.41) is 14.4. The molecule has 5 rings (SSSR count). The smallest absolute Gasteiger partial charge is 0.306 e. The van der Waals surface area contributed by atoms with E-state index in [1.54, 1.807) is 0 Å². The number of likely N-dealkylation sites (N-methyl/N-ethyl adjacent to an activating group) is 1. The van der Waals surface area contributed by atoms with E-state index < -0.39 is 5.97 Å². The third-order valence-corrected chi connectivity index (χ3v) is 8.00. The summed E-state index contributed by atoms with van der Waals surface area (Å²) in [7, 11) is 2.15. The Bertz CT molecular complexity index is 904. The minimum absolute atomic E-state index is 0.193. The maximum absolute atomic E-state index is 11.9. The SMILES string of the molecule is CC[C@@]1(C(C)C(=O)O)CCCN2CCc3c([nH]c4ccccc34)[C@@H]21.CN1CCNCC1. The molecule has 2 saturated heterocycles. The minimum atomic E-state index is -0.665. The molecule has 0 amide bonds. The Kier molecular flexibility index (Phi) is 6.70. The Hall–Kier alpha value is -1.89. The molecule has 2 aromatic rings. The molecule has 3 atom stereocenters. The van der Waals surface area contributed by atoms with Crippen LogP contribution in [0.15, 0.2) is 24.3 Å². The van der Waals surface area contributed by atoms with Gasteiger partial charge in [-0.15, -0.1) is 0 Å². The zero-order valence-corrected chi connectivity index (χ0v) is 19.3. The van der Waals surface area contributed by atoms with E-state index in [1.165, 1.54) is 35.2 Å². The van der Waals surface area contributed by atoms with E-state index in [4.69, 9.17) is 0 Å². The van der Waals surface area contributed by atoms with Crippen LogP contribution in [0.1, 0.15) is 50.4 Å². The number of aromatic amines is 1. The summed E-state index contributed by atoms with van der Waals surface area (Å²) >= 11 is 0. The lowest BCUT2D eigenvalue weighted by Crippen LogP contribution is -2.53. The van der Waals surface area contributed by atoms with Gasteiger partial charge >= 0.3 is 5.97 Å². The van der Waals surface area contributed by atoms with Gasteiger partial charge in [0, 0.05) is 54.7 Å². The van der Waals surface area contributed by atoms with Crippen LogP contribution in [0.3, 0.4) is 0 Å². The third-order valence-electron chi connectivity index (χ3n) is 8.00. The molecular formula is C25H38N4O2. The van der Waals surface area contributed by atoms with Gasteiger partial charge in [-0.3, -0.25) is 9.69 Å². The number of nitrogens with zero attached hydrogens (tertiary/aromatic N) is 2. The minimum Gasteiger partial charge on any atom is -0.481 e. The number of aliphatic carboxylic acids is 1. The second kappa shape index (κ2) is 9.31. The fourth-order valence-electron chi connectivity index (χ4n) is 6.08. The van der Waals surface area contributed by atoms with E-state index in [2.05, 4.69) is 58.3 Å². The van der Waals surface area contributed by atoms with Crippen molar-refractivity contribution in [2.75, 3.05) is 46.3 Å². The first-order valence-corrected chi connectivity index (χ1v) is 11.9. The number of benzene rings is 1. The first-order valence-electron chi connectivity index (χ1n) is 11.9. The monoisotopic (exact) mass is 426 g/mol. The van der Waals surface area contributed by atoms with E-state index in [9.17, 15) is 9.90 Å². The highest BCUT2D eigenvalue weighted by molar-refractivity contribution is 5.85. The van der Waals surface area contributed by atoms with Crippen LogP contribution in [0, 0.1) is 11.3 Å². The normalized spacial score (nSPS) is 27.6. The van der Waals surface area contributed by atoms with Gasteiger partial charge in [-0.05, 0) is 50.9 Å². The molecule has 3 N–H and O–H groups in total. The highest BCUT2D eigenvalue weighted by atomic mass is 16.4. The molecule has 31 heavy (non-hydrogen) atoms. The number of nitrogens with one attached hydrogen (secondary N) is 2. The third kappa shape index (κ3) is 4.13. The summed E-state index contributed by atoms with van der Waals surface area (Å²) in [6.45, 7) is 10.9. The number of carbonyl (C=O) groups is 1. The molecule has 170 valence electrons. The van der Waals surface area contributed by atoms with Gasteiger partial charge in [0.1, 0.15) is 0 Å². The average molecular weight is 427 g/mol. The second-order valence-electron chi connectivity index (χ2n) is 9.55. The Morgan fingerprint density at radius 1 is 1.23 bits per heavy atom. The fourth-order valence-corrected chi connectivity index (χ4v) is 6.08. The Labute approximate surface area is 186 Å². The lowest BCUT2D eigenvalue weighted by atomic mass is 9.61. The summed E-state index contributed by atoms with van der Waals surface area (Å²) in [5.74, 6) is -1.01. The van der Waals surface area contributed by atoms with E-state index >= 15 is 0 Å². The molecule has 0 saturated carbocycles. The number of carboxylic acids is 1. The van der Waals surface area contributed by atoms with Crippen LogP contribution in [-0.4, -0.2) is 72.2 Å². The van der Waals surface area contributed by atoms with E-state index in [1.807, 2.05) is 6.92 Å². The molecule has 6 heteroatoms. The molecule has 1 aromatic heterocycles. The Morgan fingerprint density at radius 2 is 1.97 bits per heavy atom. The number of H-pyrrole nitrogens is 1. The second-order valence-corrected chi connectivity index (χ2v) is 9.55. The van der Waals surface area contributed by atoms with Crippen molar-refractivity contribution < 1.29 is 9.90 Å². The number of para-hydroxylation sites is 1. The number of fused-ring (bicyclic) bond motifs is 5. The lowest BCUT2D eigenvalue weighted by Gasteiger charge is -2.53. The highest BCUT2D eigenvalue weighted by Gasteiger charge is 2.52. The Balaban J connectivity index is 0.000000282. The van der Waals surface area contributed by atoms with Crippen molar-refractivity contribution in [1.29, 1.82) is 0 Å². The van der Waals surface area contributed by atoms with Gasteiger partial charge in [0.2, 0.25) is 0 Å². The summed E-state index contributed by atoms with van der Waals surface area (Å²) in [6.07, 6.45) is 4.04. The Morgan fingerprint density at radius 3 is 2.61 bits per heavy atom. The number of piperidine rings is 1. The fraction of sp³-hybridized carbons (Fsp3) is 0.640. The maximum atomic E-state index is 11.9. The number of hydrogen-bond acceptors (Lipinski definition) is 4. The molecule has 4 heterocycles. The average Bonchev–Trinajstić information content (AvgIpc) is 3.17. The van der Waals surface area contributed by atoms with Crippen molar-refractivity contribution in [1.82, 2.24) is 20.1 Å². The van der Waals surface area contributed by atoms with Gasteiger partial charge in [0.05, 0.1) is 12.0 Å². The molecule has 3 aliphatic heterocycles. The summed E-state index contributed by atoms with van der Waals surface area (Å²) in [6, 6.07) is 8.68. The van der Waals surface area contributed by atoms with Crippen molar-refractivity contribution >= 4 is 16.9 Å². The van der Waals surface area contributed by atoms with Crippen molar-refractivity contribution in [2.24, 2.45) is 11.3 Å². The molecule has 1 unspecified atom stereocenters. The van der Waals surface area contributed by atoms with Gasteiger partial charge in [-0.25, -0.2) is 0 Å². The van der Waals surface area contributed by atoms with Crippen molar-refractivity contribution in [3.05, 3.63) is 35.5 Å². The predicted octanol–water partition coefficient (Wildman–Crippen LogP) is 3.50. The molecule has 0 aliphatic carbocycles. The topological polar surface area (TPSA) is 71.6 Å². The zero-order valence-electron chi connectivity index (χ0n) is 19.3. The number of carboxylic acid groups (broad SMARTS) is 1. The van der Waals surface area contributed by atoms with E-state index in [-0.39, 0.29) is 17.4 Å². The largest absolute Gasteiger partial charge is 0.481 e. The molecule has 2 fully saturated rings. The first-order chi connectivity index (χ1) is 15.0. The molecule has 6 nitrogen and oxygen atoms in total. The summed E-state index contributed by atoms with van der Waals surface area (Å²) in [5.41, 5.74) is 3.67. The standard InChI is InChI=1S/C20H26N2O2.C5H12N2/c1-3-20(13(2)19(23)24)10-6-11-22-12-9-15-14-7-4-5-8-16(14)21-17(15)18(20)22;1-7-4-2-6-3-5-7/h4-5,7-8,13,18,21H,3,6,9-12H2,1-2H3,(H,23,24);6H,2-5H2,1H3/t13?,18-,20+;/m1./s1. The van der Waals surface area contributed by atoms with Crippen LogP contribution in [0.5, 0.6) is 0 Å². The van der Waals surface area contributed by atoms with Crippen LogP contribution >= 0.6 is 0 Å². The van der Waals surface area contributed by atoms with Gasteiger partial charge in [-0.2, -0.15) is 0 Å².